The number of hydrogen-bond acceptors (Lipinski definition) is 6. The van der Waals surface area contributed by atoms with E-state index in [9.17, 15) is 18.0 Å². The van der Waals surface area contributed by atoms with Gasteiger partial charge in [-0.2, -0.15) is 13.2 Å². The number of rotatable bonds is 6. The molecule has 0 aliphatic heterocycles. The van der Waals surface area contributed by atoms with Crippen LogP contribution < -0.4 is 10.1 Å². The lowest BCUT2D eigenvalue weighted by Gasteiger charge is -2.17. The maximum Gasteiger partial charge on any atom is 0.435 e. The van der Waals surface area contributed by atoms with Gasteiger partial charge in [0.05, 0.1) is 16.4 Å². The number of carbonyl (C=O) groups excluding carboxylic acids is 1. The van der Waals surface area contributed by atoms with Crippen molar-refractivity contribution in [1.82, 2.24) is 4.98 Å². The number of nitrogens with one attached hydrogen (secondary N) is 1. The highest BCUT2D eigenvalue weighted by atomic mass is 32.1. The third-order valence-corrected chi connectivity index (χ3v) is 4.44. The van der Waals surface area contributed by atoms with Crippen molar-refractivity contribution in [1.29, 1.82) is 0 Å². The fraction of sp³-hybridized carbons (Fsp3) is 0.353. The van der Waals surface area contributed by atoms with Crippen molar-refractivity contribution in [2.75, 3.05) is 12.4 Å². The molecule has 6 nitrogen and oxygen atoms in total. The lowest BCUT2D eigenvalue weighted by molar-refractivity contribution is -0.141. The Kier molecular flexibility index (Phi) is 6.42. The number of para-hydroxylation sites is 2. The molecule has 1 atom stereocenters. The molecule has 0 aliphatic carbocycles. The first-order chi connectivity index (χ1) is 12.6. The summed E-state index contributed by atoms with van der Waals surface area (Å²) in [4.78, 5) is 20.0. The van der Waals surface area contributed by atoms with E-state index >= 15 is 0 Å². The fourth-order valence-electron chi connectivity index (χ4n) is 2.12. The summed E-state index contributed by atoms with van der Waals surface area (Å²) < 4.78 is 45.0. The number of nitrogens with zero attached hydrogens (tertiary/aromatic N) is 2. The van der Waals surface area contributed by atoms with E-state index in [-0.39, 0.29) is 10.7 Å². The quantitative estimate of drug-likeness (QED) is 0.571. The lowest BCUT2D eigenvalue weighted by atomic mass is 10.2. The molecule has 2 aromatic rings. The Morgan fingerprint density at radius 1 is 1.33 bits per heavy atom. The molecule has 0 spiro atoms. The number of benzene rings is 1. The minimum Gasteiger partial charge on any atom is -0.482 e. The zero-order chi connectivity index (χ0) is 20.2. The molecule has 0 fully saturated rings. The van der Waals surface area contributed by atoms with Gasteiger partial charge in [0.1, 0.15) is 23.8 Å². The van der Waals surface area contributed by atoms with Crippen molar-refractivity contribution in [2.24, 2.45) is 5.16 Å². The van der Waals surface area contributed by atoms with Crippen LogP contribution >= 0.6 is 11.3 Å². The first kappa shape index (κ1) is 20.7. The third kappa shape index (κ3) is 5.19. The van der Waals surface area contributed by atoms with Gasteiger partial charge in [0, 0.05) is 0 Å². The second-order valence-electron chi connectivity index (χ2n) is 5.53. The first-order valence-electron chi connectivity index (χ1n) is 7.82. The number of hydrogen-bond donors (Lipinski definition) is 1. The van der Waals surface area contributed by atoms with Crippen molar-refractivity contribution in [3.05, 3.63) is 39.8 Å². The molecule has 1 unspecified atom stereocenters. The van der Waals surface area contributed by atoms with Gasteiger partial charge in [-0.1, -0.05) is 17.3 Å². The number of alkyl halides is 3. The van der Waals surface area contributed by atoms with E-state index < -0.39 is 28.8 Å². The number of halogens is 3. The number of amides is 1. The number of thiazole rings is 1. The molecule has 1 N–H and O–H groups in total. The second kappa shape index (κ2) is 8.38. The van der Waals surface area contributed by atoms with Crippen LogP contribution in [0.25, 0.3) is 0 Å². The molecule has 1 aromatic heterocycles. The largest absolute Gasteiger partial charge is 0.482 e. The summed E-state index contributed by atoms with van der Waals surface area (Å²) in [6.45, 7) is 4.84. The van der Waals surface area contributed by atoms with Gasteiger partial charge < -0.3 is 14.9 Å². The van der Waals surface area contributed by atoms with Crippen LogP contribution in [0, 0.1) is 6.92 Å². The van der Waals surface area contributed by atoms with Crippen LogP contribution in [-0.4, -0.2) is 29.8 Å². The van der Waals surface area contributed by atoms with Gasteiger partial charge in [-0.3, -0.25) is 4.79 Å². The van der Waals surface area contributed by atoms with Crippen LogP contribution in [0.4, 0.5) is 18.9 Å². The Morgan fingerprint density at radius 3 is 2.63 bits per heavy atom. The zero-order valence-corrected chi connectivity index (χ0v) is 15.9. The summed E-state index contributed by atoms with van der Waals surface area (Å²) in [6.07, 6.45) is -5.19. The van der Waals surface area contributed by atoms with E-state index in [4.69, 9.17) is 4.74 Å². The highest BCUT2D eigenvalue weighted by Gasteiger charge is 2.39. The van der Waals surface area contributed by atoms with E-state index in [0.29, 0.717) is 22.8 Å². The molecule has 1 heterocycles. The molecule has 0 radical (unpaired) electrons. The molecule has 27 heavy (non-hydrogen) atoms. The van der Waals surface area contributed by atoms with E-state index in [1.165, 1.54) is 20.1 Å². The molecule has 2 rings (SSSR count). The topological polar surface area (TPSA) is 72.8 Å². The monoisotopic (exact) mass is 401 g/mol. The summed E-state index contributed by atoms with van der Waals surface area (Å²) in [5, 5.41) is 6.39. The predicted octanol–water partition coefficient (Wildman–Crippen LogP) is 4.51. The summed E-state index contributed by atoms with van der Waals surface area (Å²) in [5.41, 5.74) is -0.410. The van der Waals surface area contributed by atoms with Gasteiger partial charge in [0.2, 0.25) is 0 Å². The van der Waals surface area contributed by atoms with E-state index in [0.717, 1.165) is 0 Å². The smallest absolute Gasteiger partial charge is 0.435 e. The van der Waals surface area contributed by atoms with Gasteiger partial charge in [-0.05, 0) is 32.9 Å². The van der Waals surface area contributed by atoms with Gasteiger partial charge >= 0.3 is 6.18 Å². The highest BCUT2D eigenvalue weighted by molar-refractivity contribution is 7.13. The number of aryl methyl sites for hydroxylation is 1. The number of oxime groups is 1. The summed E-state index contributed by atoms with van der Waals surface area (Å²) >= 11 is 0.680. The fourth-order valence-corrected chi connectivity index (χ4v) is 2.95. The molecule has 0 aliphatic rings. The minimum absolute atomic E-state index is 0.150. The van der Waals surface area contributed by atoms with Crippen molar-refractivity contribution < 1.29 is 27.5 Å². The first-order valence-corrected chi connectivity index (χ1v) is 8.64. The maximum absolute atomic E-state index is 13.1. The molecule has 0 saturated carbocycles. The Balaban J connectivity index is 2.27. The van der Waals surface area contributed by atoms with Gasteiger partial charge in [-0.15, -0.1) is 11.3 Å². The van der Waals surface area contributed by atoms with E-state index in [1.54, 1.807) is 32.0 Å². The summed E-state index contributed by atoms with van der Waals surface area (Å²) in [7, 11) is 1.40. The lowest BCUT2D eigenvalue weighted by Crippen LogP contribution is -2.23. The number of ether oxygens (including phenoxy) is 1. The summed E-state index contributed by atoms with van der Waals surface area (Å²) in [5.74, 6) is -0.613. The number of carbonyl (C=O) groups is 1. The average Bonchev–Trinajstić information content (AvgIpc) is 2.99. The van der Waals surface area contributed by atoms with E-state index in [2.05, 4.69) is 20.3 Å². The zero-order valence-electron chi connectivity index (χ0n) is 15.0. The summed E-state index contributed by atoms with van der Waals surface area (Å²) in [6, 6.07) is 6.43. The molecule has 1 amide bonds. The molecule has 1 aromatic carbocycles. The molecule has 0 bridgehead atoms. The molecule has 10 heteroatoms. The normalized spacial score (nSPS) is 13.2. The van der Waals surface area contributed by atoms with Crippen LogP contribution in [-0.2, 0) is 11.0 Å². The van der Waals surface area contributed by atoms with Gasteiger partial charge in [0.15, 0.2) is 5.69 Å². The van der Waals surface area contributed by atoms with Crippen molar-refractivity contribution in [3.8, 4) is 5.75 Å². The standard InChI is InChI=1S/C17H18F3N3O3S/c1-9(23-25-4)10(2)26-13-8-6-5-7-12(13)22-16(24)14-15(17(18,19)20)21-11(3)27-14/h5-8,10H,1-4H3,(H,22,24)/b23-9+. The number of anilines is 1. The van der Waals surface area contributed by atoms with Crippen LogP contribution in [0.15, 0.2) is 29.4 Å². The van der Waals surface area contributed by atoms with Crippen molar-refractivity contribution >= 4 is 28.6 Å². The van der Waals surface area contributed by atoms with Crippen LogP contribution in [0.3, 0.4) is 0 Å². The van der Waals surface area contributed by atoms with Crippen LogP contribution in [0.5, 0.6) is 5.75 Å². The Bertz CT molecular complexity index is 849. The highest BCUT2D eigenvalue weighted by Crippen LogP contribution is 2.35. The number of aromatic nitrogens is 1. The Morgan fingerprint density at radius 2 is 2.00 bits per heavy atom. The van der Waals surface area contributed by atoms with Crippen molar-refractivity contribution in [3.63, 3.8) is 0 Å². The Labute approximate surface area is 158 Å². The minimum atomic E-state index is -4.71. The molecule has 146 valence electrons. The van der Waals surface area contributed by atoms with Crippen molar-refractivity contribution in [2.45, 2.75) is 33.1 Å². The van der Waals surface area contributed by atoms with Gasteiger partial charge in [0.25, 0.3) is 5.91 Å². The SMILES string of the molecule is CO/N=C(\C)C(C)Oc1ccccc1NC(=O)c1sc(C)nc1C(F)(F)F. The van der Waals surface area contributed by atoms with Crippen LogP contribution in [0.2, 0.25) is 0 Å². The molecular weight excluding hydrogens is 383 g/mol. The van der Waals surface area contributed by atoms with Gasteiger partial charge in [-0.25, -0.2) is 4.98 Å². The maximum atomic E-state index is 13.1. The third-order valence-electron chi connectivity index (χ3n) is 3.47. The molecular formula is C17H18F3N3O3S. The average molecular weight is 401 g/mol. The Hall–Kier alpha value is -2.62. The van der Waals surface area contributed by atoms with E-state index in [1.807, 2.05) is 0 Å². The predicted molar refractivity (Wildman–Crippen MR) is 96.5 cm³/mol. The van der Waals surface area contributed by atoms with Crippen LogP contribution in [0.1, 0.15) is 34.2 Å². The molecule has 0 saturated heterocycles. The second-order valence-corrected chi connectivity index (χ2v) is 6.74.